The normalized spacial score (nSPS) is 21.7. The van der Waals surface area contributed by atoms with Crippen molar-refractivity contribution in [3.05, 3.63) is 34.5 Å². The Morgan fingerprint density at radius 1 is 1.42 bits per heavy atom. The maximum Gasteiger partial charge on any atom is 0.134 e. The van der Waals surface area contributed by atoms with Crippen LogP contribution in [0, 0.1) is 0 Å². The molecule has 1 N–H and O–H groups in total. The van der Waals surface area contributed by atoms with Crippen LogP contribution < -0.4 is 5.32 Å². The van der Waals surface area contributed by atoms with Gasteiger partial charge in [-0.25, -0.2) is 0 Å². The molecule has 0 radical (unpaired) electrons. The molecule has 2 nitrogen and oxygen atoms in total. The molecular weight excluding hydrogens is 322 g/mol. The summed E-state index contributed by atoms with van der Waals surface area (Å²) in [5, 5.41) is 4.85. The first kappa shape index (κ1) is 13.5. The van der Waals surface area contributed by atoms with E-state index in [4.69, 9.17) is 4.42 Å². The highest BCUT2D eigenvalue weighted by atomic mass is 79.9. The van der Waals surface area contributed by atoms with E-state index in [9.17, 15) is 0 Å². The lowest BCUT2D eigenvalue weighted by Crippen LogP contribution is -2.35. The zero-order valence-corrected chi connectivity index (χ0v) is 13.4. The molecule has 2 heterocycles. The van der Waals surface area contributed by atoms with E-state index in [2.05, 4.69) is 40.3 Å². The standard InChI is InChI=1S/C15H18BrNOS/c1-10(17-13-3-2-6-19-9-13)15-8-11-7-12(16)4-5-14(11)18-15/h4-5,7-8,10,13,17H,2-3,6,9H2,1H3. The van der Waals surface area contributed by atoms with Gasteiger partial charge in [0.15, 0.2) is 0 Å². The van der Waals surface area contributed by atoms with E-state index < -0.39 is 0 Å². The van der Waals surface area contributed by atoms with E-state index in [0.29, 0.717) is 6.04 Å². The van der Waals surface area contributed by atoms with Crippen LogP contribution in [0.2, 0.25) is 0 Å². The van der Waals surface area contributed by atoms with Crippen molar-refractivity contribution in [2.75, 3.05) is 11.5 Å². The van der Waals surface area contributed by atoms with Gasteiger partial charge < -0.3 is 9.73 Å². The van der Waals surface area contributed by atoms with Crippen molar-refractivity contribution in [1.29, 1.82) is 0 Å². The van der Waals surface area contributed by atoms with Crippen molar-refractivity contribution in [3.63, 3.8) is 0 Å². The van der Waals surface area contributed by atoms with Crippen LogP contribution in [0.1, 0.15) is 31.6 Å². The summed E-state index contributed by atoms with van der Waals surface area (Å²) in [6.45, 7) is 2.19. The summed E-state index contributed by atoms with van der Waals surface area (Å²) in [6, 6.07) is 9.18. The van der Waals surface area contributed by atoms with Crippen LogP contribution in [-0.4, -0.2) is 17.5 Å². The number of benzene rings is 1. The molecule has 2 aromatic rings. The summed E-state index contributed by atoms with van der Waals surface area (Å²) < 4.78 is 7.03. The van der Waals surface area contributed by atoms with Crippen molar-refractivity contribution in [2.45, 2.75) is 31.8 Å². The Hall–Kier alpha value is -0.450. The minimum Gasteiger partial charge on any atom is -0.459 e. The first-order valence-corrected chi connectivity index (χ1v) is 8.70. The average Bonchev–Trinajstić information content (AvgIpc) is 2.83. The molecule has 19 heavy (non-hydrogen) atoms. The largest absolute Gasteiger partial charge is 0.459 e. The Balaban J connectivity index is 1.75. The molecule has 1 aliphatic rings. The fraction of sp³-hybridized carbons (Fsp3) is 0.467. The first-order valence-electron chi connectivity index (χ1n) is 6.75. The molecule has 0 saturated carbocycles. The Morgan fingerprint density at radius 3 is 3.11 bits per heavy atom. The number of hydrogen-bond acceptors (Lipinski definition) is 3. The van der Waals surface area contributed by atoms with Gasteiger partial charge in [-0.15, -0.1) is 0 Å². The average molecular weight is 340 g/mol. The Morgan fingerprint density at radius 2 is 2.32 bits per heavy atom. The molecule has 1 aromatic heterocycles. The number of fused-ring (bicyclic) bond motifs is 1. The highest BCUT2D eigenvalue weighted by Crippen LogP contribution is 2.27. The molecule has 2 unspecified atom stereocenters. The number of halogens is 1. The molecule has 3 rings (SSSR count). The minimum absolute atomic E-state index is 0.273. The minimum atomic E-state index is 0.273. The molecule has 0 bridgehead atoms. The summed E-state index contributed by atoms with van der Waals surface area (Å²) in [6.07, 6.45) is 2.60. The lowest BCUT2D eigenvalue weighted by Gasteiger charge is -2.25. The van der Waals surface area contributed by atoms with Gasteiger partial charge in [-0.05, 0) is 49.8 Å². The van der Waals surface area contributed by atoms with E-state index in [1.54, 1.807) is 0 Å². The quantitative estimate of drug-likeness (QED) is 0.874. The van der Waals surface area contributed by atoms with E-state index in [-0.39, 0.29) is 6.04 Å². The Kier molecular flexibility index (Phi) is 4.20. The molecule has 102 valence electrons. The predicted molar refractivity (Wildman–Crippen MR) is 85.8 cm³/mol. The van der Waals surface area contributed by atoms with Crippen molar-refractivity contribution < 1.29 is 4.42 Å². The summed E-state index contributed by atoms with van der Waals surface area (Å²) in [7, 11) is 0. The highest BCUT2D eigenvalue weighted by molar-refractivity contribution is 9.10. The van der Waals surface area contributed by atoms with Gasteiger partial charge in [0.1, 0.15) is 11.3 Å². The summed E-state index contributed by atoms with van der Waals surface area (Å²) in [4.78, 5) is 0. The second-order valence-electron chi connectivity index (χ2n) is 5.13. The Bertz CT molecular complexity index is 562. The monoisotopic (exact) mass is 339 g/mol. The maximum atomic E-state index is 5.94. The third kappa shape index (κ3) is 3.18. The summed E-state index contributed by atoms with van der Waals surface area (Å²) in [5.74, 6) is 3.56. The van der Waals surface area contributed by atoms with Crippen LogP contribution >= 0.6 is 27.7 Å². The lowest BCUT2D eigenvalue weighted by molar-refractivity contribution is 0.398. The first-order chi connectivity index (χ1) is 9.22. The van der Waals surface area contributed by atoms with Crippen LogP contribution in [0.4, 0.5) is 0 Å². The van der Waals surface area contributed by atoms with Crippen molar-refractivity contribution >= 4 is 38.7 Å². The predicted octanol–water partition coefficient (Wildman–Crippen LogP) is 4.74. The summed E-state index contributed by atoms with van der Waals surface area (Å²) in [5.41, 5.74) is 0.963. The lowest BCUT2D eigenvalue weighted by atomic mass is 10.1. The zero-order chi connectivity index (χ0) is 13.2. The molecular formula is C15H18BrNOS. The highest BCUT2D eigenvalue weighted by Gasteiger charge is 2.18. The van der Waals surface area contributed by atoms with Crippen LogP contribution in [0.15, 0.2) is 33.2 Å². The van der Waals surface area contributed by atoms with Gasteiger partial charge in [-0.3, -0.25) is 0 Å². The molecule has 1 fully saturated rings. The van der Waals surface area contributed by atoms with Crippen molar-refractivity contribution in [1.82, 2.24) is 5.32 Å². The third-order valence-corrected chi connectivity index (χ3v) is 5.28. The van der Waals surface area contributed by atoms with E-state index in [0.717, 1.165) is 21.2 Å². The van der Waals surface area contributed by atoms with Crippen molar-refractivity contribution in [2.24, 2.45) is 0 Å². The number of rotatable bonds is 3. The van der Waals surface area contributed by atoms with Gasteiger partial charge in [0, 0.05) is 21.7 Å². The number of nitrogens with one attached hydrogen (secondary N) is 1. The van der Waals surface area contributed by atoms with E-state index in [1.165, 1.54) is 24.3 Å². The zero-order valence-electron chi connectivity index (χ0n) is 11.0. The topological polar surface area (TPSA) is 25.2 Å². The van der Waals surface area contributed by atoms with Gasteiger partial charge in [0.05, 0.1) is 6.04 Å². The second kappa shape index (κ2) is 5.90. The van der Waals surface area contributed by atoms with Gasteiger partial charge in [-0.1, -0.05) is 15.9 Å². The fourth-order valence-electron chi connectivity index (χ4n) is 2.56. The van der Waals surface area contributed by atoms with Crippen LogP contribution in [-0.2, 0) is 0 Å². The van der Waals surface area contributed by atoms with Crippen LogP contribution in [0.5, 0.6) is 0 Å². The van der Waals surface area contributed by atoms with Gasteiger partial charge >= 0.3 is 0 Å². The molecule has 1 aliphatic heterocycles. The molecule has 1 saturated heterocycles. The molecule has 0 aliphatic carbocycles. The molecule has 1 aromatic carbocycles. The van der Waals surface area contributed by atoms with Gasteiger partial charge in [0.25, 0.3) is 0 Å². The fourth-order valence-corrected chi connectivity index (χ4v) is 4.02. The van der Waals surface area contributed by atoms with E-state index in [1.807, 2.05) is 23.9 Å². The van der Waals surface area contributed by atoms with Crippen LogP contribution in [0.3, 0.4) is 0 Å². The summed E-state index contributed by atoms with van der Waals surface area (Å²) >= 11 is 5.55. The third-order valence-electron chi connectivity index (χ3n) is 3.57. The Labute approximate surface area is 126 Å². The maximum absolute atomic E-state index is 5.94. The number of thioether (sulfide) groups is 1. The van der Waals surface area contributed by atoms with E-state index >= 15 is 0 Å². The van der Waals surface area contributed by atoms with Gasteiger partial charge in [0.2, 0.25) is 0 Å². The molecule has 0 amide bonds. The molecule has 2 atom stereocenters. The smallest absolute Gasteiger partial charge is 0.134 e. The molecule has 0 spiro atoms. The van der Waals surface area contributed by atoms with Crippen molar-refractivity contribution in [3.8, 4) is 0 Å². The molecule has 4 heteroatoms. The second-order valence-corrected chi connectivity index (χ2v) is 7.20. The number of furan rings is 1. The number of hydrogen-bond donors (Lipinski definition) is 1. The van der Waals surface area contributed by atoms with Crippen LogP contribution in [0.25, 0.3) is 11.0 Å². The van der Waals surface area contributed by atoms with Gasteiger partial charge in [-0.2, -0.15) is 11.8 Å². The SMILES string of the molecule is CC(NC1CCCSC1)c1cc2cc(Br)ccc2o1.